The molecule has 130 valence electrons. The van der Waals surface area contributed by atoms with Crippen LogP contribution in [-0.2, 0) is 9.53 Å². The molecule has 0 spiro atoms. The molecule has 0 N–H and O–H groups in total. The van der Waals surface area contributed by atoms with E-state index in [1.807, 2.05) is 0 Å². The Morgan fingerprint density at radius 2 is 1.41 bits per heavy atom. The van der Waals surface area contributed by atoms with Crippen LogP contribution < -0.4 is 0 Å². The maximum absolute atomic E-state index is 11.1. The van der Waals surface area contributed by atoms with E-state index in [0.717, 1.165) is 6.42 Å². The van der Waals surface area contributed by atoms with E-state index in [-0.39, 0.29) is 5.97 Å². The highest BCUT2D eigenvalue weighted by Crippen LogP contribution is 2.09. The van der Waals surface area contributed by atoms with Crippen LogP contribution in [0.4, 0.5) is 0 Å². The average Bonchev–Trinajstić information content (AvgIpc) is 2.51. The molecule has 0 aliphatic carbocycles. The van der Waals surface area contributed by atoms with Crippen molar-refractivity contribution in [3.63, 3.8) is 0 Å². The summed E-state index contributed by atoms with van der Waals surface area (Å²) in [6.45, 7) is 2.83. The molecule has 0 saturated carbocycles. The quantitative estimate of drug-likeness (QED) is 0.160. The third kappa shape index (κ3) is 17.6. The van der Waals surface area contributed by atoms with Gasteiger partial charge in [-0.2, -0.15) is 12.6 Å². The van der Waals surface area contributed by atoms with E-state index in [0.29, 0.717) is 18.8 Å². The van der Waals surface area contributed by atoms with Crippen molar-refractivity contribution in [2.75, 3.05) is 12.4 Å². The minimum atomic E-state index is -0.114. The summed E-state index contributed by atoms with van der Waals surface area (Å²) in [7, 11) is 0. The lowest BCUT2D eigenvalue weighted by Crippen LogP contribution is -2.06. The average molecular weight is 329 g/mol. The van der Waals surface area contributed by atoms with Gasteiger partial charge in [-0.05, 0) is 32.1 Å². The van der Waals surface area contributed by atoms with Crippen molar-refractivity contribution in [2.45, 2.75) is 90.4 Å². The van der Waals surface area contributed by atoms with E-state index < -0.39 is 0 Å². The minimum absolute atomic E-state index is 0.114. The molecular weight excluding hydrogens is 292 g/mol. The highest BCUT2D eigenvalue weighted by Gasteiger charge is 1.99. The Labute approximate surface area is 143 Å². The maximum Gasteiger partial charge on any atom is 0.306 e. The van der Waals surface area contributed by atoms with Crippen LogP contribution in [0.5, 0.6) is 0 Å². The van der Waals surface area contributed by atoms with Crippen LogP contribution in [0, 0.1) is 0 Å². The maximum atomic E-state index is 11.1. The molecule has 2 nitrogen and oxygen atoms in total. The molecule has 0 saturated heterocycles. The summed E-state index contributed by atoms with van der Waals surface area (Å²) >= 11 is 4.01. The summed E-state index contributed by atoms with van der Waals surface area (Å²) in [4.78, 5) is 11.1. The fourth-order valence-corrected chi connectivity index (χ4v) is 2.53. The fourth-order valence-electron chi connectivity index (χ4n) is 2.35. The van der Waals surface area contributed by atoms with E-state index in [2.05, 4.69) is 31.7 Å². The Morgan fingerprint density at radius 3 is 2.00 bits per heavy atom. The molecule has 0 unspecified atom stereocenters. The third-order valence-electron chi connectivity index (χ3n) is 3.74. The summed E-state index contributed by atoms with van der Waals surface area (Å²) in [5.41, 5.74) is 0. The SMILES string of the molecule is CCCCCC/C=C\CCCCCCCCOC(=O)CCS. The van der Waals surface area contributed by atoms with E-state index in [1.165, 1.54) is 70.6 Å². The Morgan fingerprint density at radius 1 is 0.864 bits per heavy atom. The normalized spacial score (nSPS) is 11.2. The van der Waals surface area contributed by atoms with Gasteiger partial charge >= 0.3 is 5.97 Å². The molecular formula is C19H36O2S. The van der Waals surface area contributed by atoms with Gasteiger partial charge < -0.3 is 4.74 Å². The molecule has 0 aromatic rings. The lowest BCUT2D eigenvalue weighted by Gasteiger charge is -2.03. The van der Waals surface area contributed by atoms with Crippen molar-refractivity contribution >= 4 is 18.6 Å². The van der Waals surface area contributed by atoms with Gasteiger partial charge in [0.15, 0.2) is 0 Å². The van der Waals surface area contributed by atoms with Crippen molar-refractivity contribution in [1.29, 1.82) is 0 Å². The first-order valence-electron chi connectivity index (χ1n) is 9.22. The van der Waals surface area contributed by atoms with Crippen molar-refractivity contribution in [3.05, 3.63) is 12.2 Å². The molecule has 0 radical (unpaired) electrons. The van der Waals surface area contributed by atoms with Gasteiger partial charge in [-0.3, -0.25) is 4.79 Å². The smallest absolute Gasteiger partial charge is 0.306 e. The first-order valence-corrected chi connectivity index (χ1v) is 9.86. The van der Waals surface area contributed by atoms with E-state index in [4.69, 9.17) is 4.74 Å². The highest BCUT2D eigenvalue weighted by molar-refractivity contribution is 7.80. The predicted molar refractivity (Wildman–Crippen MR) is 99.6 cm³/mol. The fraction of sp³-hybridized carbons (Fsp3) is 0.842. The Kier molecular flexibility index (Phi) is 18.2. The molecule has 0 rings (SSSR count). The van der Waals surface area contributed by atoms with Crippen LogP contribution in [0.25, 0.3) is 0 Å². The number of rotatable bonds is 16. The van der Waals surface area contributed by atoms with Crippen LogP contribution in [0.1, 0.15) is 90.4 Å². The monoisotopic (exact) mass is 328 g/mol. The molecule has 0 aliphatic heterocycles. The largest absolute Gasteiger partial charge is 0.466 e. The van der Waals surface area contributed by atoms with Crippen LogP contribution in [0.3, 0.4) is 0 Å². The molecule has 0 amide bonds. The lowest BCUT2D eigenvalue weighted by atomic mass is 10.1. The predicted octanol–water partition coefficient (Wildman–Crippen LogP) is 6.11. The van der Waals surface area contributed by atoms with Gasteiger partial charge in [-0.1, -0.05) is 64.0 Å². The number of carbonyl (C=O) groups excluding carboxylic acids is 1. The van der Waals surface area contributed by atoms with Crippen molar-refractivity contribution in [3.8, 4) is 0 Å². The number of unbranched alkanes of at least 4 members (excludes halogenated alkanes) is 10. The van der Waals surface area contributed by atoms with Gasteiger partial charge in [-0.25, -0.2) is 0 Å². The molecule has 0 aromatic heterocycles. The van der Waals surface area contributed by atoms with Crippen molar-refractivity contribution in [2.24, 2.45) is 0 Å². The molecule has 22 heavy (non-hydrogen) atoms. The Bertz CT molecular complexity index is 264. The minimum Gasteiger partial charge on any atom is -0.466 e. The molecule has 0 aromatic carbocycles. The first kappa shape index (κ1) is 21.6. The Hall–Kier alpha value is -0.440. The molecule has 0 fully saturated rings. The summed E-state index contributed by atoms with van der Waals surface area (Å²) in [5.74, 6) is 0.461. The second-order valence-corrected chi connectivity index (χ2v) is 6.37. The highest BCUT2D eigenvalue weighted by atomic mass is 32.1. The topological polar surface area (TPSA) is 26.3 Å². The van der Waals surface area contributed by atoms with Crippen molar-refractivity contribution in [1.82, 2.24) is 0 Å². The summed E-state index contributed by atoms with van der Waals surface area (Å²) in [6.07, 6.45) is 20.4. The van der Waals surface area contributed by atoms with Gasteiger partial charge in [0.05, 0.1) is 13.0 Å². The van der Waals surface area contributed by atoms with Crippen molar-refractivity contribution < 1.29 is 9.53 Å². The van der Waals surface area contributed by atoms with Crippen LogP contribution in [0.15, 0.2) is 12.2 Å². The zero-order valence-corrected chi connectivity index (χ0v) is 15.4. The number of ether oxygens (including phenoxy) is 1. The molecule has 0 bridgehead atoms. The molecule has 0 atom stereocenters. The van der Waals surface area contributed by atoms with Crippen LogP contribution in [-0.4, -0.2) is 18.3 Å². The number of esters is 1. The molecule has 0 heterocycles. The first-order chi connectivity index (χ1) is 10.8. The lowest BCUT2D eigenvalue weighted by molar-refractivity contribution is -0.143. The van der Waals surface area contributed by atoms with Gasteiger partial charge in [0.25, 0.3) is 0 Å². The van der Waals surface area contributed by atoms with Crippen LogP contribution in [0.2, 0.25) is 0 Å². The number of allylic oxidation sites excluding steroid dienone is 2. The number of thiol groups is 1. The summed E-state index contributed by atoms with van der Waals surface area (Å²) in [5, 5.41) is 0. The molecule has 3 heteroatoms. The van der Waals surface area contributed by atoms with Gasteiger partial charge in [0.1, 0.15) is 0 Å². The second-order valence-electron chi connectivity index (χ2n) is 5.92. The number of carbonyl (C=O) groups is 1. The van der Waals surface area contributed by atoms with Gasteiger partial charge in [0.2, 0.25) is 0 Å². The number of hydrogen-bond donors (Lipinski definition) is 1. The van der Waals surface area contributed by atoms with Gasteiger partial charge in [0, 0.05) is 5.75 Å². The molecule has 0 aliphatic rings. The van der Waals surface area contributed by atoms with E-state index >= 15 is 0 Å². The zero-order valence-electron chi connectivity index (χ0n) is 14.5. The van der Waals surface area contributed by atoms with Crippen LogP contribution >= 0.6 is 12.6 Å². The van der Waals surface area contributed by atoms with E-state index in [1.54, 1.807) is 0 Å². The number of hydrogen-bond acceptors (Lipinski definition) is 3. The summed E-state index contributed by atoms with van der Waals surface area (Å²) < 4.78 is 5.09. The van der Waals surface area contributed by atoms with E-state index in [9.17, 15) is 4.79 Å². The standard InChI is InChI=1S/C19H36O2S/c1-2-3-4-5-6-7-8-9-10-11-12-13-14-15-17-21-19(20)16-18-22/h7-8,22H,2-6,9-18H2,1H3/b8-7-. The summed E-state index contributed by atoms with van der Waals surface area (Å²) in [6, 6.07) is 0. The second kappa shape index (κ2) is 18.6. The Balaban J connectivity index is 3.11. The third-order valence-corrected chi connectivity index (χ3v) is 3.96. The zero-order chi connectivity index (χ0) is 16.3. The van der Waals surface area contributed by atoms with Gasteiger partial charge in [-0.15, -0.1) is 0 Å².